The lowest BCUT2D eigenvalue weighted by Gasteiger charge is -2.26. The smallest absolute Gasteiger partial charge is 0.238 e. The van der Waals surface area contributed by atoms with Crippen molar-refractivity contribution in [2.45, 2.75) is 44.2 Å². The molecule has 2 fully saturated rings. The maximum Gasteiger partial charge on any atom is 0.238 e. The highest BCUT2D eigenvalue weighted by molar-refractivity contribution is 5.82. The van der Waals surface area contributed by atoms with E-state index in [0.29, 0.717) is 25.3 Å². The van der Waals surface area contributed by atoms with Gasteiger partial charge in [0.25, 0.3) is 0 Å². The van der Waals surface area contributed by atoms with Gasteiger partial charge in [0.2, 0.25) is 12.7 Å². The number of hydrazine groups is 1. The molecule has 1 aromatic carbocycles. The predicted molar refractivity (Wildman–Crippen MR) is 85.1 cm³/mol. The first-order valence-electron chi connectivity index (χ1n) is 8.48. The minimum atomic E-state index is -0.1000. The van der Waals surface area contributed by atoms with Gasteiger partial charge in [0.05, 0.1) is 0 Å². The van der Waals surface area contributed by atoms with Crippen LogP contribution in [-0.2, 0) is 11.2 Å². The second-order valence-electron chi connectivity index (χ2n) is 6.55. The van der Waals surface area contributed by atoms with Gasteiger partial charge in [-0.3, -0.25) is 10.2 Å². The molecule has 6 heteroatoms. The van der Waals surface area contributed by atoms with Crippen LogP contribution in [0.2, 0.25) is 0 Å². The first kappa shape index (κ1) is 14.8. The molecule has 3 unspecified atom stereocenters. The van der Waals surface area contributed by atoms with Gasteiger partial charge in [0.1, 0.15) is 6.04 Å². The maximum atomic E-state index is 12.4. The molecule has 1 aromatic rings. The van der Waals surface area contributed by atoms with Crippen LogP contribution in [0, 0.1) is 5.92 Å². The van der Waals surface area contributed by atoms with Crippen molar-refractivity contribution in [3.8, 4) is 11.5 Å². The van der Waals surface area contributed by atoms with Crippen LogP contribution in [0.4, 0.5) is 0 Å². The molecule has 0 aromatic heterocycles. The average molecular weight is 317 g/mol. The van der Waals surface area contributed by atoms with Crippen LogP contribution in [-0.4, -0.2) is 31.3 Å². The van der Waals surface area contributed by atoms with Gasteiger partial charge in [-0.15, -0.1) is 0 Å². The van der Waals surface area contributed by atoms with Gasteiger partial charge in [-0.1, -0.05) is 18.9 Å². The zero-order valence-electron chi connectivity index (χ0n) is 13.1. The summed E-state index contributed by atoms with van der Waals surface area (Å²) in [5.41, 5.74) is 7.61. The quantitative estimate of drug-likeness (QED) is 0.776. The number of ether oxygens (including phenoxy) is 2. The van der Waals surface area contributed by atoms with Crippen molar-refractivity contribution in [3.63, 3.8) is 0 Å². The summed E-state index contributed by atoms with van der Waals surface area (Å²) in [7, 11) is 0. The number of hydrogen-bond acceptors (Lipinski definition) is 5. The minimum absolute atomic E-state index is 0.1000. The molecule has 3 atom stereocenters. The standard InChI is InChI=1S/C17H23N3O3/c21-17(16-12-3-1-2-4-13(12)19-20-16)18-8-7-11-5-6-14-15(9-11)23-10-22-14/h5-6,9,12-13,16,19-20H,1-4,7-8,10H2,(H,18,21). The van der Waals surface area contributed by atoms with Gasteiger partial charge in [-0.2, -0.15) is 0 Å². The fourth-order valence-electron chi connectivity index (χ4n) is 3.84. The second kappa shape index (κ2) is 6.37. The van der Waals surface area contributed by atoms with Crippen LogP contribution in [0.1, 0.15) is 31.2 Å². The molecule has 1 amide bonds. The van der Waals surface area contributed by atoms with Crippen LogP contribution in [0.25, 0.3) is 0 Å². The monoisotopic (exact) mass is 317 g/mol. The van der Waals surface area contributed by atoms with Gasteiger partial charge in [0.15, 0.2) is 11.5 Å². The fourth-order valence-corrected chi connectivity index (χ4v) is 3.84. The third-order valence-corrected chi connectivity index (χ3v) is 5.10. The molecule has 6 nitrogen and oxygen atoms in total. The Labute approximate surface area is 135 Å². The molecular formula is C17H23N3O3. The summed E-state index contributed by atoms with van der Waals surface area (Å²) in [4.78, 5) is 12.4. The molecule has 23 heavy (non-hydrogen) atoms. The molecule has 3 N–H and O–H groups in total. The third-order valence-electron chi connectivity index (χ3n) is 5.10. The second-order valence-corrected chi connectivity index (χ2v) is 6.55. The van der Waals surface area contributed by atoms with E-state index in [-0.39, 0.29) is 11.9 Å². The Balaban J connectivity index is 1.28. The number of fused-ring (bicyclic) bond motifs is 2. The summed E-state index contributed by atoms with van der Waals surface area (Å²) in [6.45, 7) is 0.923. The van der Waals surface area contributed by atoms with Crippen molar-refractivity contribution in [3.05, 3.63) is 23.8 Å². The summed E-state index contributed by atoms with van der Waals surface area (Å²) in [5.74, 6) is 2.12. The molecule has 2 aliphatic heterocycles. The number of hydrogen-bond donors (Lipinski definition) is 3. The zero-order chi connectivity index (χ0) is 15.6. The van der Waals surface area contributed by atoms with Crippen LogP contribution >= 0.6 is 0 Å². The van der Waals surface area contributed by atoms with Gasteiger partial charge in [-0.05, 0) is 37.0 Å². The van der Waals surface area contributed by atoms with Crippen molar-refractivity contribution in [2.24, 2.45) is 5.92 Å². The molecular weight excluding hydrogens is 294 g/mol. The van der Waals surface area contributed by atoms with Crippen molar-refractivity contribution in [1.82, 2.24) is 16.2 Å². The van der Waals surface area contributed by atoms with Crippen molar-refractivity contribution < 1.29 is 14.3 Å². The van der Waals surface area contributed by atoms with Gasteiger partial charge in [-0.25, -0.2) is 5.43 Å². The normalized spacial score (nSPS) is 28.4. The summed E-state index contributed by atoms with van der Waals surface area (Å²) in [6, 6.07) is 6.28. The zero-order valence-corrected chi connectivity index (χ0v) is 13.1. The highest BCUT2D eigenvalue weighted by atomic mass is 16.7. The Kier molecular flexibility index (Phi) is 4.10. The fraction of sp³-hybridized carbons (Fsp3) is 0.588. The molecule has 4 rings (SSSR count). The molecule has 1 saturated heterocycles. The number of nitrogens with one attached hydrogen (secondary N) is 3. The van der Waals surface area contributed by atoms with Crippen molar-refractivity contribution >= 4 is 5.91 Å². The summed E-state index contributed by atoms with van der Waals surface area (Å²) >= 11 is 0. The number of amides is 1. The number of carbonyl (C=O) groups is 1. The number of rotatable bonds is 4. The van der Waals surface area contributed by atoms with E-state index in [9.17, 15) is 4.79 Å². The maximum absolute atomic E-state index is 12.4. The van der Waals surface area contributed by atoms with Crippen LogP contribution < -0.4 is 25.6 Å². The van der Waals surface area contributed by atoms with Gasteiger partial charge in [0, 0.05) is 18.5 Å². The van der Waals surface area contributed by atoms with Crippen LogP contribution in [0.15, 0.2) is 18.2 Å². The van der Waals surface area contributed by atoms with E-state index in [1.807, 2.05) is 18.2 Å². The van der Waals surface area contributed by atoms with Gasteiger partial charge < -0.3 is 14.8 Å². The van der Waals surface area contributed by atoms with E-state index in [2.05, 4.69) is 16.2 Å². The molecule has 1 saturated carbocycles. The molecule has 2 heterocycles. The largest absolute Gasteiger partial charge is 0.454 e. The summed E-state index contributed by atoms with van der Waals surface area (Å²) in [6.07, 6.45) is 5.57. The van der Waals surface area contributed by atoms with Crippen LogP contribution in [0.3, 0.4) is 0 Å². The number of carbonyl (C=O) groups excluding carboxylic acids is 1. The molecule has 3 aliphatic rings. The van der Waals surface area contributed by atoms with E-state index in [1.54, 1.807) is 0 Å². The van der Waals surface area contributed by atoms with E-state index < -0.39 is 0 Å². The minimum Gasteiger partial charge on any atom is -0.454 e. The molecule has 124 valence electrons. The Hall–Kier alpha value is -1.79. The predicted octanol–water partition coefficient (Wildman–Crippen LogP) is 1.11. The van der Waals surface area contributed by atoms with E-state index >= 15 is 0 Å². The molecule has 0 spiro atoms. The first-order chi connectivity index (χ1) is 11.3. The SMILES string of the molecule is O=C(NCCc1ccc2c(c1)OCO2)C1NNC2CCCCC21. The molecule has 0 bridgehead atoms. The van der Waals surface area contributed by atoms with E-state index in [1.165, 1.54) is 19.3 Å². The van der Waals surface area contributed by atoms with E-state index in [0.717, 1.165) is 29.9 Å². The summed E-state index contributed by atoms with van der Waals surface area (Å²) in [5, 5.41) is 3.06. The first-order valence-corrected chi connectivity index (χ1v) is 8.48. The Morgan fingerprint density at radius 2 is 2.04 bits per heavy atom. The topological polar surface area (TPSA) is 71.6 Å². The Bertz CT molecular complexity index is 592. The number of benzene rings is 1. The van der Waals surface area contributed by atoms with Crippen molar-refractivity contribution in [1.29, 1.82) is 0 Å². The lowest BCUT2D eigenvalue weighted by atomic mass is 9.81. The lowest BCUT2D eigenvalue weighted by Crippen LogP contribution is -2.46. The molecule has 0 radical (unpaired) electrons. The van der Waals surface area contributed by atoms with Crippen molar-refractivity contribution in [2.75, 3.05) is 13.3 Å². The highest BCUT2D eigenvalue weighted by Gasteiger charge is 2.40. The molecule has 1 aliphatic carbocycles. The highest BCUT2D eigenvalue weighted by Crippen LogP contribution is 2.32. The Morgan fingerprint density at radius 1 is 1.17 bits per heavy atom. The van der Waals surface area contributed by atoms with Crippen LogP contribution in [0.5, 0.6) is 11.5 Å². The van der Waals surface area contributed by atoms with Gasteiger partial charge >= 0.3 is 0 Å². The van der Waals surface area contributed by atoms with E-state index in [4.69, 9.17) is 9.47 Å². The third kappa shape index (κ3) is 3.01. The Morgan fingerprint density at radius 3 is 3.00 bits per heavy atom. The lowest BCUT2D eigenvalue weighted by molar-refractivity contribution is -0.123. The average Bonchev–Trinajstić information content (AvgIpc) is 3.21. The summed E-state index contributed by atoms with van der Waals surface area (Å²) < 4.78 is 10.7.